The van der Waals surface area contributed by atoms with Gasteiger partial charge in [-0.15, -0.1) is 0 Å². The van der Waals surface area contributed by atoms with Crippen LogP contribution < -0.4 is 10.6 Å². The molecule has 2 aromatic rings. The van der Waals surface area contributed by atoms with Gasteiger partial charge in [0.2, 0.25) is 0 Å². The van der Waals surface area contributed by atoms with Gasteiger partial charge in [-0.05, 0) is 63.3 Å². The number of hydrogen-bond acceptors (Lipinski definition) is 5. The third-order valence-electron chi connectivity index (χ3n) is 7.75. The van der Waals surface area contributed by atoms with Crippen LogP contribution in [0.15, 0.2) is 18.3 Å². The van der Waals surface area contributed by atoms with Crippen LogP contribution >= 0.6 is 11.6 Å². The smallest absolute Gasteiger partial charge is 0.253 e. The molecule has 1 amide bonds. The first kappa shape index (κ1) is 27.7. The van der Waals surface area contributed by atoms with Gasteiger partial charge in [0.15, 0.2) is 0 Å². The minimum Gasteiger partial charge on any atom is -0.370 e. The fourth-order valence-corrected chi connectivity index (χ4v) is 5.68. The summed E-state index contributed by atoms with van der Waals surface area (Å²) >= 11 is 6.11. The molecule has 0 bridgehead atoms. The number of nitrogens with one attached hydrogen (secondary N) is 2. The fraction of sp³-hybridized carbons (Fsp3) is 0.571. The van der Waals surface area contributed by atoms with E-state index in [0.29, 0.717) is 24.9 Å². The van der Waals surface area contributed by atoms with Gasteiger partial charge in [-0.3, -0.25) is 9.69 Å². The molecule has 0 saturated carbocycles. The molecule has 37 heavy (non-hydrogen) atoms. The fourth-order valence-electron chi connectivity index (χ4n) is 5.43. The van der Waals surface area contributed by atoms with Crippen molar-refractivity contribution in [2.24, 2.45) is 0 Å². The van der Waals surface area contributed by atoms with E-state index in [1.54, 1.807) is 6.20 Å². The van der Waals surface area contributed by atoms with Crippen molar-refractivity contribution in [3.05, 3.63) is 57.2 Å². The second kappa shape index (κ2) is 13.0. The van der Waals surface area contributed by atoms with Crippen LogP contribution in [0.3, 0.4) is 0 Å². The maximum Gasteiger partial charge on any atom is 0.253 e. The highest BCUT2D eigenvalue weighted by atomic mass is 35.5. The van der Waals surface area contributed by atoms with E-state index in [-0.39, 0.29) is 22.4 Å². The molecular weight excluding hydrogens is 496 g/mol. The predicted octanol–water partition coefficient (Wildman–Crippen LogP) is 5.00. The monoisotopic (exact) mass is 533 g/mol. The van der Waals surface area contributed by atoms with Gasteiger partial charge in [0.1, 0.15) is 17.5 Å². The number of amides is 1. The summed E-state index contributed by atoms with van der Waals surface area (Å²) in [7, 11) is 2.13. The third kappa shape index (κ3) is 6.98. The van der Waals surface area contributed by atoms with Crippen molar-refractivity contribution in [2.75, 3.05) is 58.2 Å². The molecule has 1 saturated heterocycles. The van der Waals surface area contributed by atoms with Crippen molar-refractivity contribution in [3.63, 3.8) is 0 Å². The van der Waals surface area contributed by atoms with Gasteiger partial charge >= 0.3 is 0 Å². The van der Waals surface area contributed by atoms with Crippen molar-refractivity contribution < 1.29 is 13.6 Å². The maximum atomic E-state index is 14.5. The molecule has 4 rings (SSSR count). The number of anilines is 1. The molecular formula is C28H38ClF2N5O. The van der Waals surface area contributed by atoms with Crippen LogP contribution in [-0.4, -0.2) is 73.6 Å². The van der Waals surface area contributed by atoms with Crippen LogP contribution in [0.4, 0.5) is 14.6 Å². The largest absolute Gasteiger partial charge is 0.370 e. The Morgan fingerprint density at radius 2 is 1.92 bits per heavy atom. The van der Waals surface area contributed by atoms with Crippen molar-refractivity contribution in [1.82, 2.24) is 20.1 Å². The van der Waals surface area contributed by atoms with E-state index < -0.39 is 11.6 Å². The summed E-state index contributed by atoms with van der Waals surface area (Å²) in [4.78, 5) is 22.5. The van der Waals surface area contributed by atoms with Gasteiger partial charge in [-0.25, -0.2) is 13.8 Å². The topological polar surface area (TPSA) is 60.5 Å². The Morgan fingerprint density at radius 3 is 2.70 bits per heavy atom. The summed E-state index contributed by atoms with van der Waals surface area (Å²) in [5.74, 6) is -0.395. The molecule has 0 radical (unpaired) electrons. The molecule has 1 atom stereocenters. The lowest BCUT2D eigenvalue weighted by Crippen LogP contribution is -2.46. The van der Waals surface area contributed by atoms with E-state index in [2.05, 4.69) is 32.5 Å². The Kier molecular flexibility index (Phi) is 9.73. The van der Waals surface area contributed by atoms with Crippen molar-refractivity contribution >= 4 is 23.3 Å². The molecule has 6 nitrogen and oxygen atoms in total. The third-order valence-corrected chi connectivity index (χ3v) is 8.16. The number of benzene rings is 1. The summed E-state index contributed by atoms with van der Waals surface area (Å²) in [5.41, 5.74) is 2.67. The van der Waals surface area contributed by atoms with Gasteiger partial charge in [0.25, 0.3) is 5.91 Å². The molecule has 1 aromatic heterocycles. The van der Waals surface area contributed by atoms with E-state index in [4.69, 9.17) is 11.6 Å². The van der Waals surface area contributed by atoms with E-state index in [9.17, 15) is 13.6 Å². The molecule has 1 unspecified atom stereocenters. The lowest BCUT2D eigenvalue weighted by atomic mass is 9.84. The highest BCUT2D eigenvalue weighted by Gasteiger charge is 2.25. The van der Waals surface area contributed by atoms with Gasteiger partial charge in [-0.2, -0.15) is 0 Å². The minimum absolute atomic E-state index is 0.0462. The van der Waals surface area contributed by atoms with E-state index in [0.717, 1.165) is 94.0 Å². The van der Waals surface area contributed by atoms with Crippen LogP contribution in [0, 0.1) is 18.6 Å². The van der Waals surface area contributed by atoms with Crippen LogP contribution in [-0.2, 0) is 6.42 Å². The second-order valence-corrected chi connectivity index (χ2v) is 10.7. The molecule has 2 aliphatic heterocycles. The predicted molar refractivity (Wildman–Crippen MR) is 145 cm³/mol. The number of carbonyl (C=O) groups excluding carboxylic acids is 1. The van der Waals surface area contributed by atoms with E-state index in [1.807, 2.05) is 6.92 Å². The number of hydrogen-bond donors (Lipinski definition) is 2. The molecule has 2 aliphatic rings. The summed E-state index contributed by atoms with van der Waals surface area (Å²) in [6.07, 6.45) is 6.58. The highest BCUT2D eigenvalue weighted by molar-refractivity contribution is 6.31. The Labute approximate surface area is 223 Å². The Morgan fingerprint density at radius 1 is 1.16 bits per heavy atom. The molecule has 0 spiro atoms. The standard InChI is InChI=1S/C28H38ClF2N5O/c1-19-22(28(37)33-12-13-36-16-14-35(2)15-17-36)18-34-27-25(19)20(6-4-3-5-11-32-27)7-8-21-23(30)9-10-24(31)26(21)29/h9-10,18,20H,3-8,11-17H2,1-2H3,(H,32,34)(H,33,37). The lowest BCUT2D eigenvalue weighted by Gasteiger charge is -2.32. The Bertz CT molecular complexity index is 1090. The zero-order valence-electron chi connectivity index (χ0n) is 21.9. The van der Waals surface area contributed by atoms with Gasteiger partial charge in [-0.1, -0.05) is 24.4 Å². The first-order valence-electron chi connectivity index (χ1n) is 13.4. The number of likely N-dealkylation sites (N-methyl/N-ethyl adjacent to an activating group) is 1. The molecule has 1 fully saturated rings. The van der Waals surface area contributed by atoms with Crippen LogP contribution in [0.5, 0.6) is 0 Å². The average molecular weight is 534 g/mol. The summed E-state index contributed by atoms with van der Waals surface area (Å²) < 4.78 is 28.5. The van der Waals surface area contributed by atoms with Crippen molar-refractivity contribution in [3.8, 4) is 0 Å². The number of aromatic nitrogens is 1. The number of nitrogens with zero attached hydrogens (tertiary/aromatic N) is 3. The molecule has 3 heterocycles. The van der Waals surface area contributed by atoms with Crippen molar-refractivity contribution in [1.29, 1.82) is 0 Å². The lowest BCUT2D eigenvalue weighted by molar-refractivity contribution is 0.0940. The van der Waals surface area contributed by atoms with Gasteiger partial charge < -0.3 is 15.5 Å². The first-order chi connectivity index (χ1) is 17.8. The molecule has 0 aliphatic carbocycles. The molecule has 1 aromatic carbocycles. The zero-order valence-corrected chi connectivity index (χ0v) is 22.6. The van der Waals surface area contributed by atoms with E-state index >= 15 is 0 Å². The SMILES string of the molecule is Cc1c(C(=O)NCCN2CCN(C)CC2)cnc2c1C(CCc1c(F)ccc(F)c1Cl)CCCCCN2. The normalized spacial score (nSPS) is 19.3. The second-order valence-electron chi connectivity index (χ2n) is 10.3. The van der Waals surface area contributed by atoms with Crippen LogP contribution in [0.2, 0.25) is 5.02 Å². The van der Waals surface area contributed by atoms with E-state index in [1.165, 1.54) is 0 Å². The van der Waals surface area contributed by atoms with Crippen LogP contribution in [0.1, 0.15) is 65.1 Å². The average Bonchev–Trinajstić information content (AvgIpc) is 2.98. The maximum absolute atomic E-state index is 14.5. The molecule has 9 heteroatoms. The minimum atomic E-state index is -0.608. The number of fused-ring (bicyclic) bond motifs is 1. The summed E-state index contributed by atoms with van der Waals surface area (Å²) in [6, 6.07) is 2.19. The summed E-state index contributed by atoms with van der Waals surface area (Å²) in [5, 5.41) is 6.38. The Balaban J connectivity index is 1.51. The Hall–Kier alpha value is -2.29. The van der Waals surface area contributed by atoms with Gasteiger partial charge in [0.05, 0.1) is 10.6 Å². The molecule has 2 N–H and O–H groups in total. The zero-order chi connectivity index (χ0) is 26.4. The number of pyridine rings is 1. The van der Waals surface area contributed by atoms with Gasteiger partial charge in [0, 0.05) is 63.1 Å². The number of carbonyl (C=O) groups is 1. The number of piperazine rings is 1. The van der Waals surface area contributed by atoms with Crippen LogP contribution in [0.25, 0.3) is 0 Å². The first-order valence-corrected chi connectivity index (χ1v) is 13.8. The highest BCUT2D eigenvalue weighted by Crippen LogP contribution is 2.37. The summed E-state index contributed by atoms with van der Waals surface area (Å²) in [6.45, 7) is 8.29. The number of rotatable bonds is 7. The van der Waals surface area contributed by atoms with Crippen molar-refractivity contribution in [2.45, 2.75) is 51.4 Å². The quantitative estimate of drug-likeness (QED) is 0.490. The number of halogens is 3. The molecule has 202 valence electrons.